The van der Waals surface area contributed by atoms with Gasteiger partial charge in [0.2, 0.25) is 0 Å². The van der Waals surface area contributed by atoms with Crippen LogP contribution in [-0.4, -0.2) is 57.7 Å². The van der Waals surface area contributed by atoms with Gasteiger partial charge in [-0.3, -0.25) is 0 Å². The van der Waals surface area contributed by atoms with Crippen molar-refractivity contribution in [2.45, 2.75) is 12.8 Å². The Morgan fingerprint density at radius 3 is 2.55 bits per heavy atom. The van der Waals surface area contributed by atoms with Crippen molar-refractivity contribution in [3.63, 3.8) is 0 Å². The molecule has 0 amide bonds. The quantitative estimate of drug-likeness (QED) is 0.589. The van der Waals surface area contributed by atoms with Crippen molar-refractivity contribution < 1.29 is 40.7 Å². The third kappa shape index (κ3) is 4.60. The lowest BCUT2D eigenvalue weighted by molar-refractivity contribution is -0.152. The molecule has 0 aromatic heterocycles. The maximum Gasteiger partial charge on any atom is 0.341 e. The zero-order valence-corrected chi connectivity index (χ0v) is 18.4. The van der Waals surface area contributed by atoms with Crippen LogP contribution in [0.15, 0.2) is 40.1 Å². The molecule has 2 aliphatic rings. The van der Waals surface area contributed by atoms with Crippen LogP contribution in [0.5, 0.6) is 0 Å². The van der Waals surface area contributed by atoms with Gasteiger partial charge in [0.1, 0.15) is 5.82 Å². The van der Waals surface area contributed by atoms with Crippen LogP contribution in [0.2, 0.25) is 5.02 Å². The smallest absolute Gasteiger partial charge is 0.341 e. The fourth-order valence-corrected chi connectivity index (χ4v) is 7.91. The summed E-state index contributed by atoms with van der Waals surface area (Å²) in [7, 11) is -8.10. The molecule has 1 aromatic carbocycles. The molecule has 168 valence electrons. The molecule has 1 unspecified atom stereocenters. The van der Waals surface area contributed by atoms with Crippen LogP contribution in [0.4, 0.5) is 4.39 Å². The predicted octanol–water partition coefficient (Wildman–Crippen LogP) is 1.12. The van der Waals surface area contributed by atoms with Gasteiger partial charge in [-0.1, -0.05) is 17.7 Å². The average Bonchev–Trinajstić information content (AvgIpc) is 2.72. The van der Waals surface area contributed by atoms with Crippen molar-refractivity contribution in [3.8, 4) is 0 Å². The summed E-state index contributed by atoms with van der Waals surface area (Å²) in [6.07, 6.45) is 0. The number of hydrogen-bond acceptors (Lipinski definition) is 8. The zero-order chi connectivity index (χ0) is 23.1. The van der Waals surface area contributed by atoms with Gasteiger partial charge in [0.15, 0.2) is 26.3 Å². The maximum absolute atomic E-state index is 14.9. The number of esters is 1. The van der Waals surface area contributed by atoms with Gasteiger partial charge in [-0.25, -0.2) is 30.8 Å². The van der Waals surface area contributed by atoms with Crippen molar-refractivity contribution in [1.29, 1.82) is 0 Å². The molecule has 0 spiro atoms. The van der Waals surface area contributed by atoms with Gasteiger partial charge >= 0.3 is 11.9 Å². The van der Waals surface area contributed by atoms with Crippen molar-refractivity contribution in [1.82, 2.24) is 5.32 Å². The minimum Gasteiger partial charge on any atom is -0.479 e. The Bertz CT molecular complexity index is 1230. The monoisotopic (exact) mass is 493 g/mol. The van der Waals surface area contributed by atoms with E-state index in [0.717, 1.165) is 6.07 Å². The van der Waals surface area contributed by atoms with E-state index in [2.05, 4.69) is 5.32 Å². The van der Waals surface area contributed by atoms with Crippen LogP contribution in [0.3, 0.4) is 0 Å². The van der Waals surface area contributed by atoms with Crippen molar-refractivity contribution in [3.05, 3.63) is 56.5 Å². The first-order valence-electron chi connectivity index (χ1n) is 8.81. The van der Waals surface area contributed by atoms with E-state index < -0.39 is 72.1 Å². The number of carbonyl (C=O) groups is 2. The number of ether oxygens (including phenoxy) is 1. The van der Waals surface area contributed by atoms with Crippen LogP contribution in [0.25, 0.3) is 0 Å². The molecule has 0 saturated heterocycles. The summed E-state index contributed by atoms with van der Waals surface area (Å²) >= 11 is 6.16. The predicted molar refractivity (Wildman–Crippen MR) is 108 cm³/mol. The Labute approximate surface area is 182 Å². The first-order valence-corrected chi connectivity index (χ1v) is 12.7. The van der Waals surface area contributed by atoms with Gasteiger partial charge in [0.05, 0.1) is 33.7 Å². The van der Waals surface area contributed by atoms with E-state index in [4.69, 9.17) is 21.4 Å². The molecule has 1 aromatic rings. The lowest BCUT2D eigenvalue weighted by Gasteiger charge is -2.31. The summed E-state index contributed by atoms with van der Waals surface area (Å²) in [4.78, 5) is 23.0. The largest absolute Gasteiger partial charge is 0.479 e. The first-order chi connectivity index (χ1) is 14.3. The lowest BCUT2D eigenvalue weighted by Crippen LogP contribution is -2.34. The van der Waals surface area contributed by atoms with Crippen LogP contribution >= 0.6 is 11.6 Å². The van der Waals surface area contributed by atoms with Crippen LogP contribution in [0, 0.1) is 5.82 Å². The summed E-state index contributed by atoms with van der Waals surface area (Å²) in [5.74, 6) is -7.29. The second-order valence-corrected chi connectivity index (χ2v) is 11.6. The molecule has 0 aliphatic carbocycles. The Morgan fingerprint density at radius 2 is 1.94 bits per heavy atom. The highest BCUT2D eigenvalue weighted by Crippen LogP contribution is 2.45. The number of allylic oxidation sites excluding steroid dienone is 2. The van der Waals surface area contributed by atoms with Crippen LogP contribution < -0.4 is 5.32 Å². The number of hydrogen-bond donors (Lipinski definition) is 2. The van der Waals surface area contributed by atoms with E-state index in [1.807, 2.05) is 0 Å². The van der Waals surface area contributed by atoms with Crippen LogP contribution in [-0.2, 0) is 34.0 Å². The van der Waals surface area contributed by atoms with E-state index in [1.165, 1.54) is 19.1 Å². The van der Waals surface area contributed by atoms with E-state index in [9.17, 15) is 30.8 Å². The van der Waals surface area contributed by atoms with E-state index in [-0.39, 0.29) is 27.6 Å². The van der Waals surface area contributed by atoms with Crippen molar-refractivity contribution >= 4 is 43.2 Å². The van der Waals surface area contributed by atoms with Crippen molar-refractivity contribution in [2.24, 2.45) is 0 Å². The van der Waals surface area contributed by atoms with Gasteiger partial charge in [0, 0.05) is 22.0 Å². The second-order valence-electron chi connectivity index (χ2n) is 6.96. The molecule has 31 heavy (non-hydrogen) atoms. The highest BCUT2D eigenvalue weighted by molar-refractivity contribution is 7.98. The SMILES string of the molecule is CC1=C(C(=O)OCC(=O)O)C(c2c(F)cccc2Cl)C2=C(CS(=O)(=O)CCS2(=O)=O)N1. The molecule has 13 heteroatoms. The minimum atomic E-state index is -4.29. The van der Waals surface area contributed by atoms with Gasteiger partial charge < -0.3 is 15.2 Å². The number of nitrogens with one attached hydrogen (secondary N) is 1. The molecular formula is C18H17ClFNO8S2. The second kappa shape index (κ2) is 8.24. The standard InChI is InChI=1S/C18H17ClFNO8S2/c1-9-14(18(24)29-7-13(22)23)16(15-10(19)3-2-4-11(15)20)17-12(21-9)8-30(25,26)5-6-31(17,27)28/h2-4,16,21H,5-8H2,1H3,(H,22,23). The molecule has 1 atom stereocenters. The Kier molecular flexibility index (Phi) is 6.18. The Hall–Kier alpha value is -2.44. The molecule has 3 rings (SSSR count). The summed E-state index contributed by atoms with van der Waals surface area (Å²) < 4.78 is 70.3. The van der Waals surface area contributed by atoms with E-state index in [0.29, 0.717) is 0 Å². The van der Waals surface area contributed by atoms with Gasteiger partial charge in [-0.15, -0.1) is 0 Å². The third-order valence-electron chi connectivity index (χ3n) is 4.79. The highest BCUT2D eigenvalue weighted by atomic mass is 35.5. The number of aliphatic carboxylic acids is 1. The van der Waals surface area contributed by atoms with Crippen LogP contribution in [0.1, 0.15) is 18.4 Å². The first kappa shape index (κ1) is 23.2. The Morgan fingerprint density at radius 1 is 1.26 bits per heavy atom. The molecule has 9 nitrogen and oxygen atoms in total. The zero-order valence-electron chi connectivity index (χ0n) is 16.0. The van der Waals surface area contributed by atoms with E-state index >= 15 is 0 Å². The molecule has 2 heterocycles. The molecule has 2 aliphatic heterocycles. The fraction of sp³-hybridized carbons (Fsp3) is 0.333. The molecule has 0 fully saturated rings. The number of carbonyl (C=O) groups excluding carboxylic acids is 1. The summed E-state index contributed by atoms with van der Waals surface area (Å²) in [5, 5.41) is 11.2. The Balaban J connectivity index is 2.31. The van der Waals surface area contributed by atoms with E-state index in [1.54, 1.807) is 0 Å². The highest BCUT2D eigenvalue weighted by Gasteiger charge is 2.45. The number of halogens is 2. The summed E-state index contributed by atoms with van der Waals surface area (Å²) in [5.41, 5.74) is -0.961. The minimum absolute atomic E-state index is 0.00856. The maximum atomic E-state index is 14.9. The van der Waals surface area contributed by atoms with Crippen molar-refractivity contribution in [2.75, 3.05) is 23.9 Å². The number of rotatable bonds is 4. The normalized spacial score (nSPS) is 22.2. The summed E-state index contributed by atoms with van der Waals surface area (Å²) in [6, 6.07) is 3.58. The third-order valence-corrected chi connectivity index (χ3v) is 8.82. The number of carboxylic acid groups (broad SMARTS) is 1. The topological polar surface area (TPSA) is 144 Å². The molecule has 0 bridgehead atoms. The number of benzene rings is 1. The molecule has 2 N–H and O–H groups in total. The summed E-state index contributed by atoms with van der Waals surface area (Å²) in [6.45, 7) is 0.327. The van der Waals surface area contributed by atoms with Gasteiger partial charge in [-0.2, -0.15) is 0 Å². The van der Waals surface area contributed by atoms with Gasteiger partial charge in [0.25, 0.3) is 0 Å². The molecule has 0 saturated carbocycles. The number of sulfone groups is 2. The molecular weight excluding hydrogens is 477 g/mol. The average molecular weight is 494 g/mol. The number of carboxylic acids is 1. The number of dihydropyridines is 1. The molecule has 0 radical (unpaired) electrons. The fourth-order valence-electron chi connectivity index (χ4n) is 3.53. The van der Waals surface area contributed by atoms with Gasteiger partial charge in [-0.05, 0) is 19.1 Å². The lowest BCUT2D eigenvalue weighted by atomic mass is 9.86.